The Morgan fingerprint density at radius 2 is 2.17 bits per heavy atom. The van der Waals surface area contributed by atoms with Crippen LogP contribution in [0.4, 0.5) is 5.82 Å². The molecule has 0 fully saturated rings. The van der Waals surface area contributed by atoms with Gasteiger partial charge in [-0.15, -0.1) is 11.3 Å². The molecule has 0 radical (unpaired) electrons. The number of nitrogens with two attached hydrogens (primary N) is 1. The number of nitrogens with zero attached hydrogens (tertiary/aromatic N) is 2. The van der Waals surface area contributed by atoms with Crippen LogP contribution >= 0.6 is 35.2 Å². The highest BCUT2D eigenvalue weighted by Gasteiger charge is 2.13. The largest absolute Gasteiger partial charge is 0.388 e. The van der Waals surface area contributed by atoms with Crippen LogP contribution in [0, 0.1) is 0 Å². The van der Waals surface area contributed by atoms with Gasteiger partial charge in [-0.1, -0.05) is 23.8 Å². The Balaban J connectivity index is 2.21. The molecule has 4 nitrogen and oxygen atoms in total. The Kier molecular flexibility index (Phi) is 4.11. The number of hydrogen-bond donors (Lipinski definition) is 2. The van der Waals surface area contributed by atoms with Gasteiger partial charge in [-0.3, -0.25) is 0 Å². The van der Waals surface area contributed by atoms with Gasteiger partial charge in [0.15, 0.2) is 5.82 Å². The average Bonchev–Trinajstić information content (AvgIpc) is 2.76. The first-order valence-corrected chi connectivity index (χ1v) is 6.81. The van der Waals surface area contributed by atoms with E-state index in [2.05, 4.69) is 15.3 Å². The first-order chi connectivity index (χ1) is 8.58. The van der Waals surface area contributed by atoms with E-state index >= 15 is 0 Å². The molecule has 0 aliphatic rings. The number of halogens is 1. The Morgan fingerprint density at radius 1 is 1.44 bits per heavy atom. The number of aromatic nitrogens is 2. The minimum absolute atomic E-state index is 0.0623. The fraction of sp³-hybridized carbons (Fsp3) is 0.182. The van der Waals surface area contributed by atoms with E-state index in [1.54, 1.807) is 12.4 Å². The summed E-state index contributed by atoms with van der Waals surface area (Å²) < 4.78 is 0.757. The summed E-state index contributed by atoms with van der Waals surface area (Å²) in [7, 11) is 0. The van der Waals surface area contributed by atoms with Gasteiger partial charge in [0.2, 0.25) is 0 Å². The van der Waals surface area contributed by atoms with Gasteiger partial charge >= 0.3 is 0 Å². The molecule has 2 rings (SSSR count). The van der Waals surface area contributed by atoms with Crippen molar-refractivity contribution >= 4 is 46.0 Å². The summed E-state index contributed by atoms with van der Waals surface area (Å²) in [6.45, 7) is 2.01. The lowest BCUT2D eigenvalue weighted by Gasteiger charge is -2.14. The molecular weight excluding hydrogens is 288 g/mol. The minimum Gasteiger partial charge on any atom is -0.388 e. The molecule has 3 N–H and O–H groups in total. The highest BCUT2D eigenvalue weighted by molar-refractivity contribution is 7.80. The van der Waals surface area contributed by atoms with Crippen LogP contribution in [-0.2, 0) is 0 Å². The molecule has 0 bridgehead atoms. The summed E-state index contributed by atoms with van der Waals surface area (Å²) in [6, 6.07) is 3.90. The lowest BCUT2D eigenvalue weighted by molar-refractivity contribution is 0.891. The molecule has 0 aliphatic heterocycles. The standard InChI is InChI=1S/C11H11ClN4S2/c1-6(7-2-3-8(12)18-7)16-11-9(10(13)17)14-4-5-15-11/h2-6H,1H3,(H2,13,17)(H,15,16). The van der Waals surface area contributed by atoms with Crippen molar-refractivity contribution < 1.29 is 0 Å². The summed E-state index contributed by atoms with van der Waals surface area (Å²) in [5, 5.41) is 3.23. The fourth-order valence-electron chi connectivity index (χ4n) is 1.46. The van der Waals surface area contributed by atoms with Crippen molar-refractivity contribution in [3.63, 3.8) is 0 Å². The van der Waals surface area contributed by atoms with Gasteiger partial charge in [-0.25, -0.2) is 9.97 Å². The van der Waals surface area contributed by atoms with E-state index in [0.717, 1.165) is 9.21 Å². The summed E-state index contributed by atoms with van der Waals surface area (Å²) in [5.41, 5.74) is 6.11. The smallest absolute Gasteiger partial charge is 0.155 e. The molecule has 94 valence electrons. The van der Waals surface area contributed by atoms with Crippen LogP contribution in [0.1, 0.15) is 23.5 Å². The van der Waals surface area contributed by atoms with Crippen molar-refractivity contribution in [1.82, 2.24) is 9.97 Å². The third-order valence-electron chi connectivity index (χ3n) is 2.31. The second kappa shape index (κ2) is 5.60. The van der Waals surface area contributed by atoms with Gasteiger partial charge in [0.25, 0.3) is 0 Å². The second-order valence-electron chi connectivity index (χ2n) is 3.63. The van der Waals surface area contributed by atoms with Crippen LogP contribution in [-0.4, -0.2) is 15.0 Å². The Morgan fingerprint density at radius 3 is 2.78 bits per heavy atom. The maximum atomic E-state index is 5.91. The summed E-state index contributed by atoms with van der Waals surface area (Å²) in [4.78, 5) is 9.65. The zero-order valence-electron chi connectivity index (χ0n) is 9.55. The highest BCUT2D eigenvalue weighted by atomic mass is 35.5. The van der Waals surface area contributed by atoms with E-state index in [1.165, 1.54) is 11.3 Å². The van der Waals surface area contributed by atoms with Gasteiger partial charge in [0.1, 0.15) is 10.7 Å². The topological polar surface area (TPSA) is 63.8 Å². The third kappa shape index (κ3) is 2.95. The van der Waals surface area contributed by atoms with Gasteiger partial charge in [-0.05, 0) is 19.1 Å². The molecule has 2 aromatic heterocycles. The van der Waals surface area contributed by atoms with Gasteiger partial charge in [-0.2, -0.15) is 0 Å². The Hall–Kier alpha value is -1.24. The maximum absolute atomic E-state index is 5.91. The SMILES string of the molecule is CC(Nc1nccnc1C(N)=S)c1ccc(Cl)s1. The predicted octanol–water partition coefficient (Wildman–Crippen LogP) is 3.00. The number of rotatable bonds is 4. The number of nitrogens with one attached hydrogen (secondary N) is 1. The zero-order valence-corrected chi connectivity index (χ0v) is 11.9. The van der Waals surface area contributed by atoms with Crippen LogP contribution in [0.5, 0.6) is 0 Å². The molecule has 1 atom stereocenters. The van der Waals surface area contributed by atoms with Crippen LogP contribution in [0.3, 0.4) is 0 Å². The Labute approximate surface area is 119 Å². The molecule has 0 amide bonds. The quantitative estimate of drug-likeness (QED) is 0.850. The van der Waals surface area contributed by atoms with E-state index in [-0.39, 0.29) is 11.0 Å². The van der Waals surface area contributed by atoms with Crippen molar-refractivity contribution in [1.29, 1.82) is 0 Å². The molecule has 0 aromatic carbocycles. The first kappa shape index (κ1) is 13.2. The average molecular weight is 299 g/mol. The molecule has 2 aromatic rings. The molecule has 0 saturated carbocycles. The molecular formula is C11H11ClN4S2. The fourth-order valence-corrected chi connectivity index (χ4v) is 2.67. The summed E-state index contributed by atoms with van der Waals surface area (Å²) in [6.07, 6.45) is 3.16. The zero-order chi connectivity index (χ0) is 13.1. The first-order valence-electron chi connectivity index (χ1n) is 5.20. The van der Waals surface area contributed by atoms with Gasteiger partial charge in [0, 0.05) is 17.3 Å². The number of thiocarbonyl (C=S) groups is 1. The van der Waals surface area contributed by atoms with Crippen LogP contribution in [0.2, 0.25) is 4.34 Å². The van der Waals surface area contributed by atoms with Gasteiger partial charge < -0.3 is 11.1 Å². The lowest BCUT2D eigenvalue weighted by atomic mass is 10.2. The number of hydrogen-bond acceptors (Lipinski definition) is 5. The van der Waals surface area contributed by atoms with Crippen LogP contribution < -0.4 is 11.1 Å². The Bertz CT molecular complexity index is 570. The highest BCUT2D eigenvalue weighted by Crippen LogP contribution is 2.28. The second-order valence-corrected chi connectivity index (χ2v) is 5.81. The molecule has 0 aliphatic carbocycles. The molecule has 18 heavy (non-hydrogen) atoms. The predicted molar refractivity (Wildman–Crippen MR) is 79.3 cm³/mol. The third-order valence-corrected chi connectivity index (χ3v) is 3.91. The van der Waals surface area contributed by atoms with Crippen molar-refractivity contribution in [3.05, 3.63) is 39.4 Å². The van der Waals surface area contributed by atoms with Crippen molar-refractivity contribution in [3.8, 4) is 0 Å². The van der Waals surface area contributed by atoms with E-state index in [1.807, 2.05) is 19.1 Å². The van der Waals surface area contributed by atoms with Gasteiger partial charge in [0.05, 0.1) is 10.4 Å². The van der Waals surface area contributed by atoms with Crippen molar-refractivity contribution in [2.24, 2.45) is 5.73 Å². The van der Waals surface area contributed by atoms with Crippen LogP contribution in [0.15, 0.2) is 24.5 Å². The van der Waals surface area contributed by atoms with Crippen molar-refractivity contribution in [2.75, 3.05) is 5.32 Å². The number of thiophene rings is 1. The summed E-state index contributed by atoms with van der Waals surface area (Å²) >= 11 is 12.4. The van der Waals surface area contributed by atoms with E-state index in [4.69, 9.17) is 29.6 Å². The lowest BCUT2D eigenvalue weighted by Crippen LogP contribution is -2.17. The van der Waals surface area contributed by atoms with Crippen molar-refractivity contribution in [2.45, 2.75) is 13.0 Å². The maximum Gasteiger partial charge on any atom is 0.155 e. The van der Waals surface area contributed by atoms with Crippen LogP contribution in [0.25, 0.3) is 0 Å². The number of anilines is 1. The molecule has 0 spiro atoms. The molecule has 7 heteroatoms. The molecule has 1 unspecified atom stereocenters. The normalized spacial score (nSPS) is 12.1. The molecule has 2 heterocycles. The van der Waals surface area contributed by atoms with E-state index in [9.17, 15) is 0 Å². The van der Waals surface area contributed by atoms with E-state index in [0.29, 0.717) is 11.5 Å². The molecule has 0 saturated heterocycles. The monoisotopic (exact) mass is 298 g/mol. The summed E-state index contributed by atoms with van der Waals surface area (Å²) in [5.74, 6) is 0.585. The minimum atomic E-state index is 0.0623. The van der Waals surface area contributed by atoms with E-state index < -0.39 is 0 Å².